The number of halogens is 2. The van der Waals surface area contributed by atoms with Gasteiger partial charge >= 0.3 is 11.2 Å². The third-order valence-electron chi connectivity index (χ3n) is 1.63. The van der Waals surface area contributed by atoms with Gasteiger partial charge in [-0.05, 0) is 0 Å². The van der Waals surface area contributed by atoms with E-state index in [2.05, 4.69) is 4.74 Å². The van der Waals surface area contributed by atoms with E-state index in [0.717, 1.165) is 13.2 Å². The Morgan fingerprint density at radius 1 is 1.60 bits per heavy atom. The highest BCUT2D eigenvalue weighted by atomic mass is 19.3. The van der Waals surface area contributed by atoms with Gasteiger partial charge in [-0.1, -0.05) is 0 Å². The predicted molar refractivity (Wildman–Crippen MR) is 45.2 cm³/mol. The lowest BCUT2D eigenvalue weighted by Gasteiger charge is -2.03. The Morgan fingerprint density at radius 2 is 2.20 bits per heavy atom. The molecule has 6 nitrogen and oxygen atoms in total. The highest BCUT2D eigenvalue weighted by Gasteiger charge is 2.23. The van der Waals surface area contributed by atoms with Crippen LogP contribution in [0.25, 0.3) is 0 Å². The Labute approximate surface area is 81.6 Å². The van der Waals surface area contributed by atoms with E-state index in [1.807, 2.05) is 0 Å². The second kappa shape index (κ2) is 4.03. The molecule has 0 aliphatic rings. The SMILES string of the molecule is COc1cc(C(F)F)[nH]c(=O)c1[N+](=O)[O-]. The highest BCUT2D eigenvalue weighted by molar-refractivity contribution is 5.45. The second-order valence-corrected chi connectivity index (χ2v) is 2.53. The first kappa shape index (κ1) is 11.1. The van der Waals surface area contributed by atoms with Gasteiger partial charge in [-0.3, -0.25) is 14.9 Å². The Balaban J connectivity index is 3.44. The topological polar surface area (TPSA) is 85.2 Å². The van der Waals surface area contributed by atoms with Crippen LogP contribution in [0.15, 0.2) is 10.9 Å². The fourth-order valence-corrected chi connectivity index (χ4v) is 0.994. The fraction of sp³-hybridized carbons (Fsp3) is 0.286. The van der Waals surface area contributed by atoms with Crippen LogP contribution < -0.4 is 10.3 Å². The number of nitrogens with zero attached hydrogens (tertiary/aromatic N) is 1. The van der Waals surface area contributed by atoms with Crippen LogP contribution in [-0.2, 0) is 0 Å². The van der Waals surface area contributed by atoms with Crippen LogP contribution in [-0.4, -0.2) is 17.0 Å². The van der Waals surface area contributed by atoms with E-state index in [9.17, 15) is 23.7 Å². The summed E-state index contributed by atoms with van der Waals surface area (Å²) in [5.74, 6) is -0.487. The van der Waals surface area contributed by atoms with Gasteiger partial charge in [0.25, 0.3) is 6.43 Å². The van der Waals surface area contributed by atoms with Crippen molar-refractivity contribution in [3.05, 3.63) is 32.2 Å². The molecule has 0 aliphatic heterocycles. The van der Waals surface area contributed by atoms with Gasteiger partial charge in [0.2, 0.25) is 5.75 Å². The summed E-state index contributed by atoms with van der Waals surface area (Å²) in [5.41, 5.74) is -2.82. The van der Waals surface area contributed by atoms with Crippen molar-refractivity contribution in [1.82, 2.24) is 4.98 Å². The Hall–Kier alpha value is -1.99. The number of hydrogen-bond acceptors (Lipinski definition) is 4. The fourth-order valence-electron chi connectivity index (χ4n) is 0.994. The van der Waals surface area contributed by atoms with Crippen LogP contribution in [0, 0.1) is 10.1 Å². The zero-order valence-electron chi connectivity index (χ0n) is 7.49. The van der Waals surface area contributed by atoms with Crippen LogP contribution in [0.5, 0.6) is 5.75 Å². The van der Waals surface area contributed by atoms with Crippen molar-refractivity contribution in [2.24, 2.45) is 0 Å². The molecule has 1 heterocycles. The molecule has 0 spiro atoms. The zero-order chi connectivity index (χ0) is 11.6. The first-order valence-electron chi connectivity index (χ1n) is 3.71. The summed E-state index contributed by atoms with van der Waals surface area (Å²) in [7, 11) is 1.05. The van der Waals surface area contributed by atoms with Crippen molar-refractivity contribution in [1.29, 1.82) is 0 Å². The molecule has 0 radical (unpaired) electrons. The number of ether oxygens (including phenoxy) is 1. The number of hydrogen-bond donors (Lipinski definition) is 1. The van der Waals surface area contributed by atoms with Gasteiger partial charge in [0.05, 0.1) is 17.7 Å². The average Bonchev–Trinajstić information content (AvgIpc) is 2.15. The monoisotopic (exact) mass is 220 g/mol. The van der Waals surface area contributed by atoms with Gasteiger partial charge in [-0.15, -0.1) is 0 Å². The molecule has 0 saturated heterocycles. The molecular formula is C7H6F2N2O4. The molecule has 0 amide bonds. The van der Waals surface area contributed by atoms with Crippen LogP contribution in [0.1, 0.15) is 12.1 Å². The number of nitro groups is 1. The predicted octanol–water partition coefficient (Wildman–Crippen LogP) is 1.23. The molecule has 0 unspecified atom stereocenters. The van der Waals surface area contributed by atoms with Gasteiger partial charge in [-0.2, -0.15) is 0 Å². The number of H-pyrrole nitrogens is 1. The molecule has 1 rings (SSSR count). The summed E-state index contributed by atoms with van der Waals surface area (Å²) in [6.45, 7) is 0. The van der Waals surface area contributed by atoms with Gasteiger partial charge < -0.3 is 9.72 Å². The van der Waals surface area contributed by atoms with E-state index in [1.165, 1.54) is 0 Å². The summed E-state index contributed by atoms with van der Waals surface area (Å²) in [5, 5.41) is 10.4. The number of pyridine rings is 1. The van der Waals surface area contributed by atoms with Crippen molar-refractivity contribution >= 4 is 5.69 Å². The van der Waals surface area contributed by atoms with Crippen LogP contribution in [0.2, 0.25) is 0 Å². The molecule has 0 fully saturated rings. The molecule has 1 aromatic rings. The number of methoxy groups -OCH3 is 1. The lowest BCUT2D eigenvalue weighted by atomic mass is 10.3. The van der Waals surface area contributed by atoms with Gasteiger partial charge in [0, 0.05) is 6.07 Å². The van der Waals surface area contributed by atoms with E-state index in [0.29, 0.717) is 0 Å². The second-order valence-electron chi connectivity index (χ2n) is 2.53. The molecule has 1 aromatic heterocycles. The lowest BCUT2D eigenvalue weighted by molar-refractivity contribution is -0.387. The molecular weight excluding hydrogens is 214 g/mol. The molecule has 0 atom stereocenters. The number of aromatic amines is 1. The standard InChI is InChI=1S/C7H6F2N2O4/c1-15-4-2-3(6(8)9)10-7(12)5(4)11(13)14/h2,6H,1H3,(H,10,12). The Kier molecular flexibility index (Phi) is 2.98. The Bertz CT molecular complexity index is 443. The average molecular weight is 220 g/mol. The molecule has 0 aliphatic carbocycles. The minimum atomic E-state index is -2.92. The number of aromatic nitrogens is 1. The maximum absolute atomic E-state index is 12.2. The third kappa shape index (κ3) is 2.09. The number of nitrogens with one attached hydrogen (secondary N) is 1. The molecule has 1 N–H and O–H groups in total. The summed E-state index contributed by atoms with van der Waals surface area (Å²) >= 11 is 0. The van der Waals surface area contributed by atoms with Crippen molar-refractivity contribution in [2.45, 2.75) is 6.43 Å². The van der Waals surface area contributed by atoms with Gasteiger partial charge in [0.1, 0.15) is 0 Å². The zero-order valence-corrected chi connectivity index (χ0v) is 7.49. The van der Waals surface area contributed by atoms with Crippen LogP contribution >= 0.6 is 0 Å². The van der Waals surface area contributed by atoms with E-state index in [4.69, 9.17) is 0 Å². The van der Waals surface area contributed by atoms with Crippen molar-refractivity contribution < 1.29 is 18.4 Å². The minimum Gasteiger partial charge on any atom is -0.490 e. The first-order chi connectivity index (χ1) is 6.97. The summed E-state index contributed by atoms with van der Waals surface area (Å²) in [6, 6.07) is 0.726. The summed E-state index contributed by atoms with van der Waals surface area (Å²) in [6.07, 6.45) is -2.92. The Morgan fingerprint density at radius 3 is 2.60 bits per heavy atom. The first-order valence-corrected chi connectivity index (χ1v) is 3.71. The van der Waals surface area contributed by atoms with Crippen molar-refractivity contribution in [3.8, 4) is 5.75 Å². The van der Waals surface area contributed by atoms with E-state index >= 15 is 0 Å². The van der Waals surface area contributed by atoms with E-state index in [1.54, 1.807) is 4.98 Å². The lowest BCUT2D eigenvalue weighted by Crippen LogP contribution is -2.15. The van der Waals surface area contributed by atoms with Gasteiger partial charge in [0.15, 0.2) is 0 Å². The molecule has 0 bridgehead atoms. The molecule has 82 valence electrons. The van der Waals surface area contributed by atoms with Crippen LogP contribution in [0.3, 0.4) is 0 Å². The van der Waals surface area contributed by atoms with E-state index < -0.39 is 34.0 Å². The normalized spacial score (nSPS) is 10.4. The smallest absolute Gasteiger partial charge is 0.375 e. The van der Waals surface area contributed by atoms with Gasteiger partial charge in [-0.25, -0.2) is 8.78 Å². The van der Waals surface area contributed by atoms with E-state index in [-0.39, 0.29) is 0 Å². The summed E-state index contributed by atoms with van der Waals surface area (Å²) in [4.78, 5) is 22.2. The maximum Gasteiger partial charge on any atom is 0.375 e. The summed E-state index contributed by atoms with van der Waals surface area (Å²) < 4.78 is 28.9. The highest BCUT2D eigenvalue weighted by Crippen LogP contribution is 2.26. The number of alkyl halides is 2. The maximum atomic E-state index is 12.2. The molecule has 0 saturated carbocycles. The number of rotatable bonds is 3. The molecule has 15 heavy (non-hydrogen) atoms. The van der Waals surface area contributed by atoms with Crippen molar-refractivity contribution in [3.63, 3.8) is 0 Å². The van der Waals surface area contributed by atoms with Crippen molar-refractivity contribution in [2.75, 3.05) is 7.11 Å². The third-order valence-corrected chi connectivity index (χ3v) is 1.63. The largest absolute Gasteiger partial charge is 0.490 e. The quantitative estimate of drug-likeness (QED) is 0.613. The van der Waals surface area contributed by atoms with Crippen LogP contribution in [0.4, 0.5) is 14.5 Å². The minimum absolute atomic E-state index is 0.487. The molecule has 0 aromatic carbocycles. The molecule has 8 heteroatoms.